The van der Waals surface area contributed by atoms with Crippen LogP contribution in [-0.4, -0.2) is 34.7 Å². The molecule has 0 saturated heterocycles. The summed E-state index contributed by atoms with van der Waals surface area (Å²) >= 11 is 0. The molecule has 0 spiro atoms. The number of ether oxygens (including phenoxy) is 2. The highest BCUT2D eigenvalue weighted by Crippen LogP contribution is 2.33. The zero-order valence-electron chi connectivity index (χ0n) is 16.1. The maximum absolute atomic E-state index is 13.0. The van der Waals surface area contributed by atoms with Crippen LogP contribution in [-0.2, 0) is 6.42 Å². The lowest BCUT2D eigenvalue weighted by molar-refractivity contribution is 0.0696. The number of fused-ring (bicyclic) bond motifs is 2. The van der Waals surface area contributed by atoms with E-state index in [4.69, 9.17) is 9.47 Å². The first-order valence-corrected chi connectivity index (χ1v) is 9.23. The van der Waals surface area contributed by atoms with Crippen LogP contribution in [0.4, 0.5) is 0 Å². The quantitative estimate of drug-likeness (QED) is 0.733. The van der Waals surface area contributed by atoms with E-state index >= 15 is 0 Å². The Morgan fingerprint density at radius 2 is 1.93 bits per heavy atom. The molecular formula is C22H20N2O5. The Morgan fingerprint density at radius 3 is 2.66 bits per heavy atom. The topological polar surface area (TPSA) is 90.1 Å². The smallest absolute Gasteiger partial charge is 0.337 e. The molecule has 2 aromatic heterocycles. The Bertz CT molecular complexity index is 1210. The highest BCUT2D eigenvalue weighted by molar-refractivity contribution is 5.88. The second-order valence-electron chi connectivity index (χ2n) is 6.83. The van der Waals surface area contributed by atoms with Crippen LogP contribution in [0.15, 0.2) is 41.3 Å². The molecule has 0 amide bonds. The molecule has 1 aliphatic rings. The summed E-state index contributed by atoms with van der Waals surface area (Å²) in [5.41, 5.74) is 3.46. The van der Waals surface area contributed by atoms with Crippen molar-refractivity contribution >= 4 is 23.3 Å². The number of methoxy groups -OCH3 is 2. The molecule has 0 bridgehead atoms. The van der Waals surface area contributed by atoms with Gasteiger partial charge >= 0.3 is 5.97 Å². The van der Waals surface area contributed by atoms with Gasteiger partial charge in [-0.15, -0.1) is 0 Å². The van der Waals surface area contributed by atoms with Crippen LogP contribution >= 0.6 is 0 Å². The van der Waals surface area contributed by atoms with Crippen molar-refractivity contribution in [1.29, 1.82) is 0 Å². The highest BCUT2D eigenvalue weighted by Gasteiger charge is 2.21. The third kappa shape index (κ3) is 3.35. The molecule has 148 valence electrons. The molecule has 29 heavy (non-hydrogen) atoms. The van der Waals surface area contributed by atoms with Crippen molar-refractivity contribution in [2.75, 3.05) is 14.2 Å². The van der Waals surface area contributed by atoms with Crippen LogP contribution in [0, 0.1) is 0 Å². The summed E-state index contributed by atoms with van der Waals surface area (Å²) in [6.45, 7) is 0. The lowest BCUT2D eigenvalue weighted by Crippen LogP contribution is -2.25. The summed E-state index contributed by atoms with van der Waals surface area (Å²) in [5.74, 6) is 0.200. The minimum absolute atomic E-state index is 0.0539. The fourth-order valence-electron chi connectivity index (χ4n) is 3.65. The molecule has 0 atom stereocenters. The van der Waals surface area contributed by atoms with Crippen LogP contribution < -0.4 is 15.0 Å². The molecule has 1 N–H and O–H groups in total. The van der Waals surface area contributed by atoms with E-state index < -0.39 is 5.97 Å². The van der Waals surface area contributed by atoms with E-state index in [0.29, 0.717) is 34.8 Å². The number of benzene rings is 1. The van der Waals surface area contributed by atoms with Crippen LogP contribution in [0.5, 0.6) is 11.5 Å². The van der Waals surface area contributed by atoms with Gasteiger partial charge in [0.2, 0.25) is 0 Å². The first kappa shape index (κ1) is 18.7. The van der Waals surface area contributed by atoms with E-state index in [2.05, 4.69) is 4.98 Å². The average Bonchev–Trinajstić information content (AvgIpc) is 2.74. The standard InChI is InChI=1S/C22H20N2O5/c1-28-17-8-6-13(11-18(17)29-2)10-14-4-3-5-16-20(14)23-19-9-7-15(22(26)27)12-24(19)21(16)25/h6-12H,3-5H2,1-2H3,(H,26,27). The number of carboxylic acids is 1. The summed E-state index contributed by atoms with van der Waals surface area (Å²) in [7, 11) is 3.18. The number of aromatic carboxylic acids is 1. The van der Waals surface area contributed by atoms with Gasteiger partial charge in [-0.3, -0.25) is 9.20 Å². The molecule has 2 heterocycles. The van der Waals surface area contributed by atoms with Gasteiger partial charge in [-0.05, 0) is 60.7 Å². The normalized spacial score (nSPS) is 14.6. The Balaban J connectivity index is 1.85. The summed E-state index contributed by atoms with van der Waals surface area (Å²) in [6.07, 6.45) is 5.59. The number of aromatic nitrogens is 2. The molecule has 7 nitrogen and oxygen atoms in total. The number of rotatable bonds is 4. The van der Waals surface area contributed by atoms with Gasteiger partial charge in [-0.25, -0.2) is 9.78 Å². The van der Waals surface area contributed by atoms with Crippen LogP contribution in [0.2, 0.25) is 0 Å². The number of carbonyl (C=O) groups is 1. The van der Waals surface area contributed by atoms with Crippen molar-refractivity contribution in [3.8, 4) is 11.5 Å². The summed E-state index contributed by atoms with van der Waals surface area (Å²) in [6, 6.07) is 8.67. The van der Waals surface area contributed by atoms with Gasteiger partial charge in [0, 0.05) is 11.8 Å². The number of hydrogen-bond acceptors (Lipinski definition) is 5. The van der Waals surface area contributed by atoms with Crippen molar-refractivity contribution in [2.24, 2.45) is 0 Å². The SMILES string of the molecule is COc1ccc(C=C2CCCc3c2nc2ccc(C(=O)O)cn2c3=O)cc1OC. The Kier molecular flexibility index (Phi) is 4.80. The van der Waals surface area contributed by atoms with Crippen molar-refractivity contribution < 1.29 is 19.4 Å². The van der Waals surface area contributed by atoms with Crippen molar-refractivity contribution in [1.82, 2.24) is 9.38 Å². The van der Waals surface area contributed by atoms with Crippen LogP contribution in [0.25, 0.3) is 17.3 Å². The maximum Gasteiger partial charge on any atom is 0.337 e. The molecule has 1 aromatic carbocycles. The molecular weight excluding hydrogens is 372 g/mol. The molecule has 0 unspecified atom stereocenters. The van der Waals surface area contributed by atoms with Crippen LogP contribution in [0.3, 0.4) is 0 Å². The van der Waals surface area contributed by atoms with Crippen molar-refractivity contribution in [2.45, 2.75) is 19.3 Å². The Morgan fingerprint density at radius 1 is 1.14 bits per heavy atom. The lowest BCUT2D eigenvalue weighted by Gasteiger charge is -2.19. The summed E-state index contributed by atoms with van der Waals surface area (Å²) in [4.78, 5) is 28.9. The van der Waals surface area contributed by atoms with E-state index in [1.165, 1.54) is 16.7 Å². The van der Waals surface area contributed by atoms with E-state index in [9.17, 15) is 14.7 Å². The maximum atomic E-state index is 13.0. The third-order valence-corrected chi connectivity index (χ3v) is 5.09. The number of carboxylic acid groups (broad SMARTS) is 1. The second kappa shape index (κ2) is 7.43. The van der Waals surface area contributed by atoms with Crippen molar-refractivity contribution in [3.05, 3.63) is 69.3 Å². The monoisotopic (exact) mass is 392 g/mol. The van der Waals surface area contributed by atoms with Gasteiger partial charge in [0.1, 0.15) is 5.65 Å². The highest BCUT2D eigenvalue weighted by atomic mass is 16.5. The number of pyridine rings is 1. The summed E-state index contributed by atoms with van der Waals surface area (Å²) < 4.78 is 12.0. The summed E-state index contributed by atoms with van der Waals surface area (Å²) in [5, 5.41) is 9.20. The van der Waals surface area contributed by atoms with Gasteiger partial charge in [-0.1, -0.05) is 6.07 Å². The van der Waals surface area contributed by atoms with Crippen molar-refractivity contribution in [3.63, 3.8) is 0 Å². The van der Waals surface area contributed by atoms with E-state index in [0.717, 1.165) is 24.0 Å². The van der Waals surface area contributed by atoms with Crippen LogP contribution in [0.1, 0.15) is 40.0 Å². The van der Waals surface area contributed by atoms with Gasteiger partial charge in [0.05, 0.1) is 25.5 Å². The average molecular weight is 392 g/mol. The number of hydrogen-bond donors (Lipinski definition) is 1. The fourth-order valence-corrected chi connectivity index (χ4v) is 3.65. The fraction of sp³-hybridized carbons (Fsp3) is 0.227. The Labute approximate surface area is 166 Å². The third-order valence-electron chi connectivity index (χ3n) is 5.09. The molecule has 7 heteroatoms. The molecule has 0 saturated carbocycles. The van der Waals surface area contributed by atoms with E-state index in [-0.39, 0.29) is 11.1 Å². The Hall–Kier alpha value is -3.61. The van der Waals surface area contributed by atoms with Gasteiger partial charge < -0.3 is 14.6 Å². The molecule has 0 radical (unpaired) electrons. The van der Waals surface area contributed by atoms with Gasteiger partial charge in [0.15, 0.2) is 11.5 Å². The minimum atomic E-state index is -1.08. The minimum Gasteiger partial charge on any atom is -0.493 e. The zero-order chi connectivity index (χ0) is 20.5. The predicted molar refractivity (Wildman–Crippen MR) is 109 cm³/mol. The molecule has 0 fully saturated rings. The predicted octanol–water partition coefficient (Wildman–Crippen LogP) is 3.29. The molecule has 4 rings (SSSR count). The first-order valence-electron chi connectivity index (χ1n) is 9.23. The first-order chi connectivity index (χ1) is 14.0. The molecule has 0 aliphatic heterocycles. The molecule has 1 aliphatic carbocycles. The number of nitrogens with zero attached hydrogens (tertiary/aromatic N) is 2. The zero-order valence-corrected chi connectivity index (χ0v) is 16.1. The van der Waals surface area contributed by atoms with E-state index in [1.54, 1.807) is 20.3 Å². The number of allylic oxidation sites excluding steroid dienone is 1. The van der Waals surface area contributed by atoms with Gasteiger partial charge in [0.25, 0.3) is 5.56 Å². The largest absolute Gasteiger partial charge is 0.493 e. The second-order valence-corrected chi connectivity index (χ2v) is 6.83. The van der Waals surface area contributed by atoms with Gasteiger partial charge in [-0.2, -0.15) is 0 Å². The molecule has 3 aromatic rings. The van der Waals surface area contributed by atoms with E-state index in [1.807, 2.05) is 24.3 Å². The lowest BCUT2D eigenvalue weighted by atomic mass is 9.90.